The van der Waals surface area contributed by atoms with Crippen molar-refractivity contribution in [2.24, 2.45) is 20.5 Å². The van der Waals surface area contributed by atoms with E-state index in [1.807, 2.05) is 60.7 Å². The molecule has 1 heterocycles. The number of rotatable bonds is 11. The van der Waals surface area contributed by atoms with Crippen LogP contribution >= 0.6 is 0 Å². The number of azo groups is 2. The van der Waals surface area contributed by atoms with E-state index in [2.05, 4.69) is 44.4 Å². The van der Waals surface area contributed by atoms with E-state index < -0.39 is 0 Å². The zero-order chi connectivity index (χ0) is 24.1. The molecule has 1 fully saturated rings. The summed E-state index contributed by atoms with van der Waals surface area (Å²) in [6.07, 6.45) is 8.70. The second kappa shape index (κ2) is 13.4. The quantitative estimate of drug-likeness (QED) is 0.207. The van der Waals surface area contributed by atoms with Crippen LogP contribution < -0.4 is 9.64 Å². The number of benzene rings is 3. The lowest BCUT2D eigenvalue weighted by molar-refractivity contribution is 0.305. The van der Waals surface area contributed by atoms with Crippen LogP contribution in [-0.2, 0) is 0 Å². The van der Waals surface area contributed by atoms with Gasteiger partial charge in [0.1, 0.15) is 5.75 Å². The largest absolute Gasteiger partial charge is 0.494 e. The average Bonchev–Trinajstić information content (AvgIpc) is 2.93. The van der Waals surface area contributed by atoms with Gasteiger partial charge >= 0.3 is 0 Å². The van der Waals surface area contributed by atoms with Gasteiger partial charge in [-0.25, -0.2) is 0 Å². The summed E-state index contributed by atoms with van der Waals surface area (Å²) in [5.74, 6) is 0.872. The molecule has 1 saturated heterocycles. The summed E-state index contributed by atoms with van der Waals surface area (Å²) in [6, 6.07) is 23.6. The van der Waals surface area contributed by atoms with Gasteiger partial charge in [-0.1, -0.05) is 26.2 Å². The van der Waals surface area contributed by atoms with Crippen LogP contribution in [0.5, 0.6) is 5.75 Å². The topological polar surface area (TPSA) is 61.9 Å². The van der Waals surface area contributed by atoms with Crippen molar-refractivity contribution in [1.29, 1.82) is 0 Å². The summed E-state index contributed by atoms with van der Waals surface area (Å²) < 4.78 is 5.78. The Morgan fingerprint density at radius 3 is 1.60 bits per heavy atom. The Morgan fingerprint density at radius 1 is 0.600 bits per heavy atom. The van der Waals surface area contributed by atoms with Gasteiger partial charge in [0.15, 0.2) is 0 Å². The molecule has 0 unspecified atom stereocenters. The standard InChI is InChI=1S/C29H35N5O/c1-2-3-4-8-23-35-29-19-15-27(16-20-29)33-31-25-11-9-24(10-12-25)30-32-26-13-17-28(18-14-26)34-21-6-5-7-22-34/h9-20H,2-8,21-23H2,1H3/b32-30+,33-31+. The van der Waals surface area contributed by atoms with Crippen LogP contribution in [0.3, 0.4) is 0 Å². The molecule has 0 atom stereocenters. The van der Waals surface area contributed by atoms with Crippen molar-refractivity contribution in [3.8, 4) is 5.75 Å². The second-order valence-electron chi connectivity index (χ2n) is 8.88. The van der Waals surface area contributed by atoms with E-state index in [4.69, 9.17) is 4.74 Å². The fourth-order valence-electron chi connectivity index (χ4n) is 4.03. The number of unbranched alkanes of at least 4 members (excludes halogenated alkanes) is 3. The first-order valence-electron chi connectivity index (χ1n) is 12.8. The van der Waals surface area contributed by atoms with Gasteiger partial charge in [-0.15, -0.1) is 0 Å². The van der Waals surface area contributed by atoms with Crippen molar-refractivity contribution in [2.75, 3.05) is 24.6 Å². The van der Waals surface area contributed by atoms with Crippen molar-refractivity contribution < 1.29 is 4.74 Å². The Hall–Kier alpha value is -3.54. The molecule has 3 aromatic carbocycles. The van der Waals surface area contributed by atoms with Crippen molar-refractivity contribution >= 4 is 28.4 Å². The Balaban J connectivity index is 1.26. The number of nitrogens with zero attached hydrogens (tertiary/aromatic N) is 5. The molecule has 182 valence electrons. The van der Waals surface area contributed by atoms with Crippen molar-refractivity contribution in [3.05, 3.63) is 72.8 Å². The molecule has 4 rings (SSSR count). The minimum Gasteiger partial charge on any atom is -0.494 e. The lowest BCUT2D eigenvalue weighted by Crippen LogP contribution is -2.29. The van der Waals surface area contributed by atoms with Crippen LogP contribution in [0.15, 0.2) is 93.3 Å². The monoisotopic (exact) mass is 469 g/mol. The molecular weight excluding hydrogens is 434 g/mol. The van der Waals surface area contributed by atoms with Gasteiger partial charge in [-0.3, -0.25) is 0 Å². The maximum Gasteiger partial charge on any atom is 0.119 e. The summed E-state index contributed by atoms with van der Waals surface area (Å²) in [5, 5.41) is 17.4. The number of hydrogen-bond donors (Lipinski definition) is 0. The van der Waals surface area contributed by atoms with Gasteiger partial charge < -0.3 is 9.64 Å². The molecule has 1 aliphatic rings. The third kappa shape index (κ3) is 8.02. The molecule has 0 N–H and O–H groups in total. The lowest BCUT2D eigenvalue weighted by Gasteiger charge is -2.28. The first kappa shape index (κ1) is 24.6. The molecular formula is C29H35N5O. The van der Waals surface area contributed by atoms with E-state index >= 15 is 0 Å². The lowest BCUT2D eigenvalue weighted by atomic mass is 10.1. The highest BCUT2D eigenvalue weighted by atomic mass is 16.5. The maximum atomic E-state index is 5.78. The van der Waals surface area contributed by atoms with Gasteiger partial charge in [0.2, 0.25) is 0 Å². The highest BCUT2D eigenvalue weighted by Gasteiger charge is 2.10. The van der Waals surface area contributed by atoms with Gasteiger partial charge in [-0.05, 0) is 98.5 Å². The van der Waals surface area contributed by atoms with Gasteiger partial charge in [0.05, 0.1) is 29.4 Å². The second-order valence-corrected chi connectivity index (χ2v) is 8.88. The van der Waals surface area contributed by atoms with Crippen molar-refractivity contribution in [3.63, 3.8) is 0 Å². The average molecular weight is 470 g/mol. The molecule has 6 heteroatoms. The summed E-state index contributed by atoms with van der Waals surface area (Å²) in [5.41, 5.74) is 4.46. The summed E-state index contributed by atoms with van der Waals surface area (Å²) >= 11 is 0. The molecule has 3 aromatic rings. The highest BCUT2D eigenvalue weighted by Crippen LogP contribution is 2.26. The third-order valence-corrected chi connectivity index (χ3v) is 6.09. The highest BCUT2D eigenvalue weighted by molar-refractivity contribution is 5.53. The Kier molecular flexibility index (Phi) is 9.39. The van der Waals surface area contributed by atoms with E-state index in [0.29, 0.717) is 0 Å². The molecule has 0 aromatic heterocycles. The van der Waals surface area contributed by atoms with E-state index in [1.165, 1.54) is 44.2 Å². The minimum absolute atomic E-state index is 0.758. The van der Waals surface area contributed by atoms with Crippen LogP contribution in [0.4, 0.5) is 28.4 Å². The SMILES string of the molecule is CCCCCCOc1ccc(/N=N/c2ccc(/N=N/c3ccc(N4CCCCC4)cc3)cc2)cc1. The smallest absolute Gasteiger partial charge is 0.119 e. The number of hydrogen-bond acceptors (Lipinski definition) is 6. The van der Waals surface area contributed by atoms with Crippen LogP contribution in [0.25, 0.3) is 0 Å². The molecule has 0 saturated carbocycles. The fraction of sp³-hybridized carbons (Fsp3) is 0.379. The van der Waals surface area contributed by atoms with Gasteiger partial charge in [-0.2, -0.15) is 20.5 Å². The van der Waals surface area contributed by atoms with E-state index in [0.717, 1.165) is 54.6 Å². The van der Waals surface area contributed by atoms with Crippen LogP contribution in [0.1, 0.15) is 51.9 Å². The molecule has 35 heavy (non-hydrogen) atoms. The predicted molar refractivity (Wildman–Crippen MR) is 143 cm³/mol. The van der Waals surface area contributed by atoms with Crippen LogP contribution in [-0.4, -0.2) is 19.7 Å². The van der Waals surface area contributed by atoms with E-state index in [-0.39, 0.29) is 0 Å². The molecule has 0 bridgehead atoms. The normalized spacial score (nSPS) is 14.1. The Bertz CT molecular complexity index is 1070. The first-order chi connectivity index (χ1) is 17.3. The minimum atomic E-state index is 0.758. The van der Waals surface area contributed by atoms with Gasteiger partial charge in [0, 0.05) is 18.8 Å². The Morgan fingerprint density at radius 2 is 1.09 bits per heavy atom. The summed E-state index contributed by atoms with van der Waals surface area (Å²) in [4.78, 5) is 2.44. The van der Waals surface area contributed by atoms with E-state index in [9.17, 15) is 0 Å². The van der Waals surface area contributed by atoms with Crippen LogP contribution in [0.2, 0.25) is 0 Å². The van der Waals surface area contributed by atoms with Gasteiger partial charge in [0.25, 0.3) is 0 Å². The molecule has 0 spiro atoms. The summed E-state index contributed by atoms with van der Waals surface area (Å²) in [7, 11) is 0. The molecule has 0 amide bonds. The number of anilines is 1. The zero-order valence-corrected chi connectivity index (χ0v) is 20.6. The molecule has 1 aliphatic heterocycles. The molecule has 0 aliphatic carbocycles. The van der Waals surface area contributed by atoms with Crippen molar-refractivity contribution in [2.45, 2.75) is 51.9 Å². The summed E-state index contributed by atoms with van der Waals surface area (Å²) in [6.45, 7) is 5.26. The predicted octanol–water partition coefficient (Wildman–Crippen LogP) is 9.47. The van der Waals surface area contributed by atoms with Crippen LogP contribution in [0, 0.1) is 0 Å². The molecule has 0 radical (unpaired) electrons. The zero-order valence-electron chi connectivity index (χ0n) is 20.6. The number of ether oxygens (including phenoxy) is 1. The number of piperidine rings is 1. The third-order valence-electron chi connectivity index (χ3n) is 6.09. The molecule has 6 nitrogen and oxygen atoms in total. The first-order valence-corrected chi connectivity index (χ1v) is 12.8. The van der Waals surface area contributed by atoms with E-state index in [1.54, 1.807) is 0 Å². The fourth-order valence-corrected chi connectivity index (χ4v) is 4.03. The maximum absolute atomic E-state index is 5.78. The Labute approximate surface area is 208 Å². The van der Waals surface area contributed by atoms with Crippen molar-refractivity contribution in [1.82, 2.24) is 0 Å².